The highest BCUT2D eigenvalue weighted by atomic mass is 15.0. The van der Waals surface area contributed by atoms with E-state index in [2.05, 4.69) is 24.3 Å². The van der Waals surface area contributed by atoms with Gasteiger partial charge in [-0.05, 0) is 25.7 Å². The Morgan fingerprint density at radius 3 is 2.36 bits per heavy atom. The van der Waals surface area contributed by atoms with Crippen LogP contribution in [0.4, 0.5) is 0 Å². The fourth-order valence-electron chi connectivity index (χ4n) is 1.57. The lowest BCUT2D eigenvalue weighted by atomic mass is 9.98. The molecule has 0 unspecified atom stereocenters. The maximum Gasteiger partial charge on any atom is 0.0748 e. The fourth-order valence-corrected chi connectivity index (χ4v) is 1.57. The average Bonchev–Trinajstić information content (AvgIpc) is 2.18. The van der Waals surface area contributed by atoms with Crippen molar-refractivity contribution in [1.29, 1.82) is 5.53 Å². The second-order valence-electron chi connectivity index (χ2n) is 3.75. The number of rotatable bonds is 8. The summed E-state index contributed by atoms with van der Waals surface area (Å²) in [7, 11) is 0. The normalized spacial score (nSPS) is 11.9. The minimum atomic E-state index is 0.733. The summed E-state index contributed by atoms with van der Waals surface area (Å²) in [6.07, 6.45) is 6.89. The number of nitrogens with zero attached hydrogens (tertiary/aromatic N) is 1. The highest BCUT2D eigenvalue weighted by Gasteiger charge is 2.04. The Kier molecular flexibility index (Phi) is 8.19. The first-order valence-electron chi connectivity index (χ1n) is 5.52. The molecular weight excluding hydrogens is 174 g/mol. The Morgan fingerprint density at radius 1 is 1.36 bits per heavy atom. The smallest absolute Gasteiger partial charge is 0.0748 e. The Hall–Kier alpha value is -0.860. The van der Waals surface area contributed by atoms with Crippen molar-refractivity contribution in [3.05, 3.63) is 11.9 Å². The van der Waals surface area contributed by atoms with Crippen molar-refractivity contribution in [3.63, 3.8) is 0 Å². The molecule has 0 heterocycles. The van der Waals surface area contributed by atoms with Crippen molar-refractivity contribution in [2.75, 3.05) is 6.54 Å². The molecule has 0 aromatic heterocycles. The van der Waals surface area contributed by atoms with Gasteiger partial charge in [0, 0.05) is 12.7 Å². The molecule has 0 aliphatic heterocycles. The molecular formula is C11H23N3. The van der Waals surface area contributed by atoms with E-state index in [-0.39, 0.29) is 0 Å². The molecule has 0 atom stereocenters. The molecule has 0 aliphatic carbocycles. The van der Waals surface area contributed by atoms with Crippen molar-refractivity contribution in [1.82, 2.24) is 5.32 Å². The van der Waals surface area contributed by atoms with Crippen LogP contribution in [0.25, 0.3) is 0 Å². The van der Waals surface area contributed by atoms with E-state index in [1.54, 1.807) is 0 Å². The van der Waals surface area contributed by atoms with E-state index in [1.807, 2.05) is 13.1 Å². The van der Waals surface area contributed by atoms with Crippen LogP contribution in [-0.2, 0) is 0 Å². The molecule has 0 radical (unpaired) electrons. The van der Waals surface area contributed by atoms with Gasteiger partial charge in [-0.15, -0.1) is 0 Å². The fraction of sp³-hybridized carbons (Fsp3) is 0.818. The molecule has 0 aliphatic rings. The van der Waals surface area contributed by atoms with Gasteiger partial charge in [0.25, 0.3) is 0 Å². The van der Waals surface area contributed by atoms with Crippen LogP contribution >= 0.6 is 0 Å². The van der Waals surface area contributed by atoms with E-state index in [0.29, 0.717) is 0 Å². The summed E-state index contributed by atoms with van der Waals surface area (Å²) >= 11 is 0. The summed E-state index contributed by atoms with van der Waals surface area (Å²) < 4.78 is 0. The third-order valence-corrected chi connectivity index (χ3v) is 2.29. The van der Waals surface area contributed by atoms with Crippen LogP contribution < -0.4 is 5.32 Å². The minimum Gasteiger partial charge on any atom is -0.389 e. The summed E-state index contributed by atoms with van der Waals surface area (Å²) in [5.41, 5.74) is 7.51. The molecule has 0 amide bonds. The minimum absolute atomic E-state index is 0.733. The zero-order valence-corrected chi connectivity index (χ0v) is 9.64. The maximum absolute atomic E-state index is 6.77. The number of hydrogen-bond acceptors (Lipinski definition) is 3. The average molecular weight is 197 g/mol. The zero-order valence-electron chi connectivity index (χ0n) is 9.64. The molecule has 3 heteroatoms. The predicted molar refractivity (Wildman–Crippen MR) is 60.2 cm³/mol. The number of hydrogen-bond donors (Lipinski definition) is 2. The highest BCUT2D eigenvalue weighted by Crippen LogP contribution is 2.12. The molecule has 2 N–H and O–H groups in total. The monoisotopic (exact) mass is 197 g/mol. The summed E-state index contributed by atoms with van der Waals surface area (Å²) in [6, 6.07) is 0. The van der Waals surface area contributed by atoms with Gasteiger partial charge >= 0.3 is 0 Å². The Balaban J connectivity index is 3.74. The zero-order chi connectivity index (χ0) is 10.8. The first-order chi connectivity index (χ1) is 6.74. The molecule has 0 aromatic carbocycles. The Bertz CT molecular complexity index is 169. The van der Waals surface area contributed by atoms with Crippen LogP contribution in [0.5, 0.6) is 0 Å². The lowest BCUT2D eigenvalue weighted by Crippen LogP contribution is -2.18. The molecule has 3 nitrogen and oxygen atoms in total. The van der Waals surface area contributed by atoms with Crippen molar-refractivity contribution in [2.45, 2.75) is 46.5 Å². The van der Waals surface area contributed by atoms with E-state index in [4.69, 9.17) is 5.53 Å². The van der Waals surface area contributed by atoms with Gasteiger partial charge in [0.05, 0.1) is 5.70 Å². The number of allylic oxidation sites excluding steroid dienone is 1. The molecule has 0 spiro atoms. The third kappa shape index (κ3) is 6.63. The van der Waals surface area contributed by atoms with Gasteiger partial charge in [-0.3, -0.25) is 0 Å². The summed E-state index contributed by atoms with van der Waals surface area (Å²) in [5, 5.41) is 6.56. The van der Waals surface area contributed by atoms with Gasteiger partial charge in [-0.25, -0.2) is 5.53 Å². The number of nitrogens with one attached hydrogen (secondary N) is 2. The standard InChI is InChI=1S/C11H23N3/c1-4-6-11(7-5-2)9-13-8-10(3)14-12/h8,11-13H,4-7,9H2,1-3H3/b10-8-,14-12?. The molecule has 0 rings (SSSR count). The van der Waals surface area contributed by atoms with Gasteiger partial charge < -0.3 is 5.32 Å². The first kappa shape index (κ1) is 13.1. The Labute approximate surface area is 87.5 Å². The topological polar surface area (TPSA) is 48.2 Å². The van der Waals surface area contributed by atoms with Crippen LogP contribution in [0, 0.1) is 11.4 Å². The molecule has 0 bridgehead atoms. The van der Waals surface area contributed by atoms with E-state index in [1.165, 1.54) is 25.7 Å². The van der Waals surface area contributed by atoms with Crippen LogP contribution in [0.1, 0.15) is 46.5 Å². The lowest BCUT2D eigenvalue weighted by molar-refractivity contribution is 0.429. The van der Waals surface area contributed by atoms with Crippen molar-refractivity contribution >= 4 is 0 Å². The molecule has 0 saturated heterocycles. The molecule has 0 fully saturated rings. The van der Waals surface area contributed by atoms with Crippen molar-refractivity contribution in [3.8, 4) is 0 Å². The van der Waals surface area contributed by atoms with E-state index in [0.717, 1.165) is 18.2 Å². The second-order valence-corrected chi connectivity index (χ2v) is 3.75. The lowest BCUT2D eigenvalue weighted by Gasteiger charge is -2.14. The molecule has 14 heavy (non-hydrogen) atoms. The highest BCUT2D eigenvalue weighted by molar-refractivity contribution is 4.91. The van der Waals surface area contributed by atoms with Crippen LogP contribution in [-0.4, -0.2) is 6.54 Å². The largest absolute Gasteiger partial charge is 0.389 e. The van der Waals surface area contributed by atoms with Crippen molar-refractivity contribution < 1.29 is 0 Å². The first-order valence-corrected chi connectivity index (χ1v) is 5.52. The van der Waals surface area contributed by atoms with E-state index in [9.17, 15) is 0 Å². The quantitative estimate of drug-likeness (QED) is 0.573. The maximum atomic E-state index is 6.77. The third-order valence-electron chi connectivity index (χ3n) is 2.29. The summed E-state index contributed by atoms with van der Waals surface area (Å²) in [5.74, 6) is 0.764. The van der Waals surface area contributed by atoms with Crippen LogP contribution in [0.3, 0.4) is 0 Å². The molecule has 0 saturated carbocycles. The Morgan fingerprint density at radius 2 is 1.93 bits per heavy atom. The van der Waals surface area contributed by atoms with Crippen molar-refractivity contribution in [2.24, 2.45) is 11.0 Å². The van der Waals surface area contributed by atoms with Crippen LogP contribution in [0.2, 0.25) is 0 Å². The van der Waals surface area contributed by atoms with E-state index >= 15 is 0 Å². The van der Waals surface area contributed by atoms with Gasteiger partial charge in [0.2, 0.25) is 0 Å². The van der Waals surface area contributed by atoms with Gasteiger partial charge in [0.1, 0.15) is 0 Å². The second kappa shape index (κ2) is 8.73. The molecule has 0 aromatic rings. The van der Waals surface area contributed by atoms with Gasteiger partial charge in [0.15, 0.2) is 0 Å². The summed E-state index contributed by atoms with van der Waals surface area (Å²) in [4.78, 5) is 0. The summed E-state index contributed by atoms with van der Waals surface area (Å²) in [6.45, 7) is 7.29. The van der Waals surface area contributed by atoms with Crippen LogP contribution in [0.15, 0.2) is 17.0 Å². The van der Waals surface area contributed by atoms with E-state index < -0.39 is 0 Å². The van der Waals surface area contributed by atoms with Gasteiger partial charge in [-0.2, -0.15) is 5.11 Å². The predicted octanol–water partition coefficient (Wildman–Crippen LogP) is 3.68. The van der Waals surface area contributed by atoms with Gasteiger partial charge in [-0.1, -0.05) is 26.7 Å². The SMILES string of the molecule is CCCC(CCC)CN/C=C(/C)N=N. The molecule has 82 valence electrons.